The van der Waals surface area contributed by atoms with Gasteiger partial charge >= 0.3 is 5.97 Å². The third-order valence-electron chi connectivity index (χ3n) is 6.06. The molecule has 42 heavy (non-hydrogen) atoms. The average molecular weight is 578 g/mol. The van der Waals surface area contributed by atoms with Crippen LogP contribution in [-0.4, -0.2) is 54.5 Å². The molecule has 0 spiro atoms. The van der Waals surface area contributed by atoms with E-state index in [2.05, 4.69) is 30.7 Å². The summed E-state index contributed by atoms with van der Waals surface area (Å²) in [6, 6.07) is 12.6. The van der Waals surface area contributed by atoms with Crippen molar-refractivity contribution < 1.29 is 32.6 Å². The molecule has 0 radical (unpaired) electrons. The molecule has 2 aromatic heterocycles. The minimum atomic E-state index is -0.703. The number of hydrogen-bond donors (Lipinski definition) is 4. The number of amides is 2. The number of hydrogen-bond acceptors (Lipinski definition) is 7. The van der Waals surface area contributed by atoms with Gasteiger partial charge in [-0.1, -0.05) is 6.07 Å². The van der Waals surface area contributed by atoms with Gasteiger partial charge < -0.3 is 30.4 Å². The van der Waals surface area contributed by atoms with Crippen LogP contribution < -0.4 is 20.7 Å². The minimum Gasteiger partial charge on any atom is -0.468 e. The summed E-state index contributed by atoms with van der Waals surface area (Å²) >= 11 is 0. The quantitative estimate of drug-likeness (QED) is 0.143. The topological polar surface area (TPSA) is 134 Å². The largest absolute Gasteiger partial charge is 0.468 e. The predicted molar refractivity (Wildman–Crippen MR) is 151 cm³/mol. The molecule has 0 saturated heterocycles. The van der Waals surface area contributed by atoms with Gasteiger partial charge in [0.25, 0.3) is 11.8 Å². The first-order valence-corrected chi connectivity index (χ1v) is 13.0. The second-order valence-electron chi connectivity index (χ2n) is 9.23. The van der Waals surface area contributed by atoms with Crippen molar-refractivity contribution in [1.82, 2.24) is 20.6 Å². The lowest BCUT2D eigenvalue weighted by Gasteiger charge is -2.11. The lowest BCUT2D eigenvalue weighted by molar-refractivity contribution is -0.139. The summed E-state index contributed by atoms with van der Waals surface area (Å²) in [5.41, 5.74) is 2.19. The second kappa shape index (κ2) is 14.0. The Morgan fingerprint density at radius 3 is 2.55 bits per heavy atom. The van der Waals surface area contributed by atoms with Crippen molar-refractivity contribution in [3.05, 3.63) is 95.3 Å². The summed E-state index contributed by atoms with van der Waals surface area (Å²) in [6.45, 7) is 2.80. The Bertz CT molecular complexity index is 1590. The van der Waals surface area contributed by atoms with Crippen LogP contribution in [0.15, 0.2) is 67.0 Å². The van der Waals surface area contributed by atoms with Crippen LogP contribution in [0.25, 0.3) is 11.4 Å². The maximum atomic E-state index is 14.6. The van der Waals surface area contributed by atoms with Gasteiger partial charge in [0.2, 0.25) is 0 Å². The molecule has 4 N–H and O–H groups in total. The molecule has 4 aromatic rings. The van der Waals surface area contributed by atoms with Crippen LogP contribution in [0.3, 0.4) is 0 Å². The molecule has 0 aliphatic heterocycles. The average Bonchev–Trinajstić information content (AvgIpc) is 3.48. The van der Waals surface area contributed by atoms with Gasteiger partial charge in [0.1, 0.15) is 11.6 Å². The van der Waals surface area contributed by atoms with E-state index in [0.29, 0.717) is 36.5 Å². The molecule has 0 atom stereocenters. The van der Waals surface area contributed by atoms with Crippen LogP contribution in [0.5, 0.6) is 11.5 Å². The van der Waals surface area contributed by atoms with Crippen LogP contribution in [0.1, 0.15) is 32.7 Å². The van der Waals surface area contributed by atoms with E-state index in [9.17, 15) is 23.2 Å². The summed E-state index contributed by atoms with van der Waals surface area (Å²) in [4.78, 5) is 43.6. The fourth-order valence-electron chi connectivity index (χ4n) is 3.85. The first-order valence-electron chi connectivity index (χ1n) is 13.0. The molecule has 0 aliphatic rings. The molecule has 2 aromatic carbocycles. The van der Waals surface area contributed by atoms with Crippen molar-refractivity contribution in [2.24, 2.45) is 0 Å². The summed E-state index contributed by atoms with van der Waals surface area (Å²) in [7, 11) is 1.31. The number of rotatable bonds is 12. The van der Waals surface area contributed by atoms with E-state index < -0.39 is 17.5 Å². The van der Waals surface area contributed by atoms with Crippen LogP contribution in [-0.2, 0) is 9.53 Å². The highest BCUT2D eigenvalue weighted by molar-refractivity contribution is 6.04. The number of H-pyrrole nitrogens is 1. The fraction of sp³-hybridized carbons (Fsp3) is 0.200. The Kier molecular flexibility index (Phi) is 9.95. The maximum Gasteiger partial charge on any atom is 0.319 e. The number of anilines is 1. The minimum absolute atomic E-state index is 0.0113. The third-order valence-corrected chi connectivity index (χ3v) is 6.06. The van der Waals surface area contributed by atoms with Gasteiger partial charge in [-0.25, -0.2) is 8.78 Å². The number of nitrogens with zero attached hydrogens (tertiary/aromatic N) is 1. The number of methoxy groups -OCH3 is 1. The van der Waals surface area contributed by atoms with Gasteiger partial charge in [-0.3, -0.25) is 19.4 Å². The van der Waals surface area contributed by atoms with E-state index in [1.165, 1.54) is 49.8 Å². The number of carbonyl (C=O) groups is 3. The number of aromatic amines is 1. The van der Waals surface area contributed by atoms with Gasteiger partial charge in [0.05, 0.1) is 36.3 Å². The number of pyridine rings is 1. The Morgan fingerprint density at radius 1 is 0.929 bits per heavy atom. The summed E-state index contributed by atoms with van der Waals surface area (Å²) in [6.07, 6.45) is 3.61. The molecule has 218 valence electrons. The first-order chi connectivity index (χ1) is 20.2. The molecule has 4 rings (SSSR count). The maximum absolute atomic E-state index is 14.6. The summed E-state index contributed by atoms with van der Waals surface area (Å²) in [5, 5.41) is 8.20. The zero-order valence-electron chi connectivity index (χ0n) is 22.9. The van der Waals surface area contributed by atoms with Gasteiger partial charge in [-0.05, 0) is 67.9 Å². The van der Waals surface area contributed by atoms with Crippen molar-refractivity contribution in [3.8, 4) is 22.9 Å². The lowest BCUT2D eigenvalue weighted by atomic mass is 10.1. The lowest BCUT2D eigenvalue weighted by Crippen LogP contribution is -2.29. The number of benzene rings is 2. The third kappa shape index (κ3) is 7.98. The van der Waals surface area contributed by atoms with Gasteiger partial charge in [0, 0.05) is 30.6 Å². The number of aromatic nitrogens is 2. The number of carbonyl (C=O) groups excluding carboxylic acids is 3. The normalized spacial score (nSPS) is 10.7. The van der Waals surface area contributed by atoms with E-state index in [1.807, 2.05) is 0 Å². The van der Waals surface area contributed by atoms with Gasteiger partial charge in [-0.2, -0.15) is 0 Å². The number of ether oxygens (including phenoxy) is 2. The van der Waals surface area contributed by atoms with E-state index in [0.717, 1.165) is 11.6 Å². The number of esters is 1. The molecule has 0 unspecified atom stereocenters. The molecule has 0 bridgehead atoms. The van der Waals surface area contributed by atoms with Crippen molar-refractivity contribution >= 4 is 23.5 Å². The molecular weight excluding hydrogens is 548 g/mol. The van der Waals surface area contributed by atoms with Crippen molar-refractivity contribution in [2.45, 2.75) is 13.3 Å². The highest BCUT2D eigenvalue weighted by Crippen LogP contribution is 2.29. The standard InChI is InChI=1S/C30H29F2N5O5/c1-18-4-6-22(31)24(12-18)37-30(40)19-5-7-23(32)27(14-19)42-21-8-11-34-26(15-21)25-13-20(16-36-25)29(39)35-10-3-9-33-17-28(38)41-2/h4-8,11-16,33,36H,3,9-10,17H2,1-2H3,(H,35,39)(H,37,40). The summed E-state index contributed by atoms with van der Waals surface area (Å²) < 4.78 is 38.9. The summed E-state index contributed by atoms with van der Waals surface area (Å²) in [5.74, 6) is -2.55. The van der Waals surface area contributed by atoms with Crippen LogP contribution in [0.2, 0.25) is 0 Å². The van der Waals surface area contributed by atoms with Crippen LogP contribution in [0, 0.1) is 18.6 Å². The van der Waals surface area contributed by atoms with Gasteiger partial charge in [0.15, 0.2) is 11.6 Å². The molecule has 10 nitrogen and oxygen atoms in total. The van der Waals surface area contributed by atoms with E-state index in [4.69, 9.17) is 4.74 Å². The molecule has 12 heteroatoms. The molecular formula is C30H29F2N5O5. The smallest absolute Gasteiger partial charge is 0.319 e. The van der Waals surface area contributed by atoms with E-state index in [-0.39, 0.29) is 41.2 Å². The molecule has 0 saturated carbocycles. The SMILES string of the molecule is COC(=O)CNCCCNC(=O)c1c[nH]c(-c2cc(Oc3cc(C(=O)Nc4cc(C)ccc4F)ccc3F)ccn2)c1. The molecule has 2 heterocycles. The Balaban J connectivity index is 1.38. The zero-order chi connectivity index (χ0) is 30.1. The Labute approximate surface area is 240 Å². The highest BCUT2D eigenvalue weighted by atomic mass is 19.1. The predicted octanol–water partition coefficient (Wildman–Crippen LogP) is 4.59. The highest BCUT2D eigenvalue weighted by Gasteiger charge is 2.15. The monoisotopic (exact) mass is 577 g/mol. The van der Waals surface area contributed by atoms with Crippen molar-refractivity contribution in [3.63, 3.8) is 0 Å². The zero-order valence-corrected chi connectivity index (χ0v) is 22.9. The van der Waals surface area contributed by atoms with Crippen LogP contribution >= 0.6 is 0 Å². The number of aryl methyl sites for hydroxylation is 1. The number of halogens is 2. The van der Waals surface area contributed by atoms with Gasteiger partial charge in [-0.15, -0.1) is 0 Å². The van der Waals surface area contributed by atoms with Crippen molar-refractivity contribution in [1.29, 1.82) is 0 Å². The van der Waals surface area contributed by atoms with Crippen LogP contribution in [0.4, 0.5) is 14.5 Å². The van der Waals surface area contributed by atoms with E-state index in [1.54, 1.807) is 25.1 Å². The second-order valence-corrected chi connectivity index (χ2v) is 9.23. The Hall–Kier alpha value is -5.10. The molecule has 2 amide bonds. The van der Waals surface area contributed by atoms with Crippen molar-refractivity contribution in [2.75, 3.05) is 32.1 Å². The fourth-order valence-corrected chi connectivity index (χ4v) is 3.85. The van der Waals surface area contributed by atoms with E-state index >= 15 is 0 Å². The number of nitrogens with one attached hydrogen (secondary N) is 4. The molecule has 0 fully saturated rings. The first kappa shape index (κ1) is 29.9. The molecule has 0 aliphatic carbocycles. The Morgan fingerprint density at radius 2 is 1.74 bits per heavy atom.